The van der Waals surface area contributed by atoms with Gasteiger partial charge in [0.05, 0.1) is 6.04 Å². The molecule has 2 aromatic carbocycles. The first kappa shape index (κ1) is 17.2. The number of para-hydroxylation sites is 1. The zero-order chi connectivity index (χ0) is 18.6. The van der Waals surface area contributed by atoms with E-state index in [9.17, 15) is 5.26 Å². The maximum atomic E-state index is 9.61. The number of anilines is 1. The van der Waals surface area contributed by atoms with Gasteiger partial charge in [0.25, 0.3) is 0 Å². The third kappa shape index (κ3) is 3.52. The molecule has 0 spiro atoms. The summed E-state index contributed by atoms with van der Waals surface area (Å²) in [6, 6.07) is 19.8. The van der Waals surface area contributed by atoms with Crippen LogP contribution >= 0.6 is 0 Å². The summed E-state index contributed by atoms with van der Waals surface area (Å²) in [4.78, 5) is 0. The van der Waals surface area contributed by atoms with Crippen LogP contribution in [0.2, 0.25) is 0 Å². The maximum absolute atomic E-state index is 9.61. The highest BCUT2D eigenvalue weighted by Crippen LogP contribution is 2.35. The molecule has 1 aliphatic carbocycles. The Morgan fingerprint density at radius 2 is 1.63 bits per heavy atom. The molecule has 4 rings (SSSR count). The highest BCUT2D eigenvalue weighted by atomic mass is 16.5. The van der Waals surface area contributed by atoms with Crippen molar-refractivity contribution in [2.45, 2.75) is 38.1 Å². The van der Waals surface area contributed by atoms with Crippen LogP contribution in [0.4, 0.5) is 5.82 Å². The minimum atomic E-state index is 0.292. The van der Waals surface area contributed by atoms with Gasteiger partial charge in [-0.15, -0.1) is 0 Å². The standard InChI is InChI=1S/C22H22N4O/c23-15-20-21(25-26(22(20)24)17-7-3-1-4-8-17)16-11-13-19(14-12-16)27-18-9-5-2-6-10-18/h2,5-6,9-14,17H,1,3-4,7-8,24H2. The van der Waals surface area contributed by atoms with Crippen molar-refractivity contribution < 1.29 is 4.74 Å². The van der Waals surface area contributed by atoms with Gasteiger partial charge in [0.1, 0.15) is 34.6 Å². The smallest absolute Gasteiger partial charge is 0.140 e. The Hall–Kier alpha value is -3.26. The Kier molecular flexibility index (Phi) is 4.80. The van der Waals surface area contributed by atoms with Gasteiger partial charge in [-0.3, -0.25) is 0 Å². The van der Waals surface area contributed by atoms with Crippen molar-refractivity contribution in [3.05, 3.63) is 60.2 Å². The van der Waals surface area contributed by atoms with Gasteiger partial charge in [-0.25, -0.2) is 4.68 Å². The molecule has 1 fully saturated rings. The monoisotopic (exact) mass is 358 g/mol. The van der Waals surface area contributed by atoms with E-state index in [-0.39, 0.29) is 0 Å². The van der Waals surface area contributed by atoms with Gasteiger partial charge in [-0.05, 0) is 49.2 Å². The minimum absolute atomic E-state index is 0.292. The second-order valence-corrected chi connectivity index (χ2v) is 6.90. The van der Waals surface area contributed by atoms with Crippen molar-refractivity contribution in [2.24, 2.45) is 0 Å². The molecule has 0 bridgehead atoms. The summed E-state index contributed by atoms with van der Waals surface area (Å²) in [6.07, 6.45) is 5.78. The number of nitrogen functional groups attached to an aromatic ring is 1. The number of nitrogens with zero attached hydrogens (tertiary/aromatic N) is 3. The predicted octanol–water partition coefficient (Wildman–Crippen LogP) is 5.30. The summed E-state index contributed by atoms with van der Waals surface area (Å²) in [5.74, 6) is 2.00. The molecule has 1 heterocycles. The van der Waals surface area contributed by atoms with E-state index in [1.807, 2.05) is 59.3 Å². The first-order valence-electron chi connectivity index (χ1n) is 9.37. The van der Waals surface area contributed by atoms with Crippen molar-refractivity contribution in [1.82, 2.24) is 9.78 Å². The zero-order valence-corrected chi connectivity index (χ0v) is 15.1. The van der Waals surface area contributed by atoms with Crippen LogP contribution in [0.15, 0.2) is 54.6 Å². The van der Waals surface area contributed by atoms with Crippen molar-refractivity contribution >= 4 is 5.82 Å². The molecule has 0 amide bonds. The lowest BCUT2D eigenvalue weighted by atomic mass is 9.96. The predicted molar refractivity (Wildman–Crippen MR) is 105 cm³/mol. The van der Waals surface area contributed by atoms with Crippen LogP contribution in [0, 0.1) is 11.3 Å². The maximum Gasteiger partial charge on any atom is 0.140 e. The van der Waals surface area contributed by atoms with E-state index in [1.165, 1.54) is 19.3 Å². The van der Waals surface area contributed by atoms with Crippen molar-refractivity contribution in [3.8, 4) is 28.8 Å². The molecule has 0 unspecified atom stereocenters. The average molecular weight is 358 g/mol. The third-order valence-corrected chi connectivity index (χ3v) is 5.09. The average Bonchev–Trinajstić information content (AvgIpc) is 3.06. The number of nitrogens with two attached hydrogens (primary N) is 1. The van der Waals surface area contributed by atoms with Gasteiger partial charge in [-0.2, -0.15) is 10.4 Å². The second-order valence-electron chi connectivity index (χ2n) is 6.90. The van der Waals surface area contributed by atoms with Gasteiger partial charge in [-0.1, -0.05) is 37.5 Å². The van der Waals surface area contributed by atoms with Crippen LogP contribution in [-0.2, 0) is 0 Å². The Balaban J connectivity index is 1.62. The molecule has 0 radical (unpaired) electrons. The summed E-state index contributed by atoms with van der Waals surface area (Å²) in [5, 5.41) is 14.3. The van der Waals surface area contributed by atoms with Crippen LogP contribution in [-0.4, -0.2) is 9.78 Å². The van der Waals surface area contributed by atoms with Gasteiger partial charge in [0.15, 0.2) is 0 Å². The number of hydrogen-bond acceptors (Lipinski definition) is 4. The van der Waals surface area contributed by atoms with Gasteiger partial charge < -0.3 is 10.5 Å². The van der Waals surface area contributed by atoms with Gasteiger partial charge in [0, 0.05) is 5.56 Å². The normalized spacial score (nSPS) is 14.6. The number of nitriles is 1. The summed E-state index contributed by atoms with van der Waals surface area (Å²) < 4.78 is 7.70. The minimum Gasteiger partial charge on any atom is -0.457 e. The largest absolute Gasteiger partial charge is 0.457 e. The van der Waals surface area contributed by atoms with Crippen LogP contribution in [0.1, 0.15) is 43.7 Å². The fourth-order valence-corrected chi connectivity index (χ4v) is 3.67. The summed E-state index contributed by atoms with van der Waals surface area (Å²) in [7, 11) is 0. The van der Waals surface area contributed by atoms with Crippen molar-refractivity contribution in [1.29, 1.82) is 5.26 Å². The molecule has 5 nitrogen and oxygen atoms in total. The Morgan fingerprint density at radius 3 is 2.30 bits per heavy atom. The van der Waals surface area contributed by atoms with Gasteiger partial charge >= 0.3 is 0 Å². The molecule has 2 N–H and O–H groups in total. The van der Waals surface area contributed by atoms with E-state index < -0.39 is 0 Å². The van der Waals surface area contributed by atoms with Crippen LogP contribution in [0.3, 0.4) is 0 Å². The molecule has 136 valence electrons. The van der Waals surface area contributed by atoms with Crippen LogP contribution in [0.5, 0.6) is 11.5 Å². The van der Waals surface area contributed by atoms with Gasteiger partial charge in [0.2, 0.25) is 0 Å². The van der Waals surface area contributed by atoms with Crippen molar-refractivity contribution in [2.75, 3.05) is 5.73 Å². The van der Waals surface area contributed by atoms with E-state index in [0.29, 0.717) is 23.1 Å². The second kappa shape index (κ2) is 7.55. The first-order chi connectivity index (χ1) is 13.3. The fourth-order valence-electron chi connectivity index (χ4n) is 3.67. The highest BCUT2D eigenvalue weighted by Gasteiger charge is 2.23. The molecule has 0 atom stereocenters. The Labute approximate surface area is 159 Å². The summed E-state index contributed by atoms with van der Waals surface area (Å²) in [5.41, 5.74) is 8.24. The number of ether oxygens (including phenoxy) is 1. The fraction of sp³-hybridized carbons (Fsp3) is 0.273. The van der Waals surface area contributed by atoms with Crippen LogP contribution in [0.25, 0.3) is 11.3 Å². The molecule has 5 heteroatoms. The molecular formula is C22H22N4O. The lowest BCUT2D eigenvalue weighted by molar-refractivity contribution is 0.333. The molecule has 0 saturated heterocycles. The molecule has 27 heavy (non-hydrogen) atoms. The number of aromatic nitrogens is 2. The number of benzene rings is 2. The van der Waals surface area contributed by atoms with E-state index in [2.05, 4.69) is 6.07 Å². The number of hydrogen-bond donors (Lipinski definition) is 1. The van der Waals surface area contributed by atoms with E-state index in [0.717, 1.165) is 29.9 Å². The Morgan fingerprint density at radius 1 is 0.963 bits per heavy atom. The third-order valence-electron chi connectivity index (χ3n) is 5.09. The quantitative estimate of drug-likeness (QED) is 0.686. The lowest BCUT2D eigenvalue weighted by Crippen LogP contribution is -2.16. The van der Waals surface area contributed by atoms with E-state index in [4.69, 9.17) is 15.6 Å². The van der Waals surface area contributed by atoms with E-state index in [1.54, 1.807) is 0 Å². The summed E-state index contributed by atoms with van der Waals surface area (Å²) in [6.45, 7) is 0. The number of rotatable bonds is 4. The molecule has 1 aliphatic rings. The summed E-state index contributed by atoms with van der Waals surface area (Å²) >= 11 is 0. The lowest BCUT2D eigenvalue weighted by Gasteiger charge is -2.22. The molecular weight excluding hydrogens is 336 g/mol. The highest BCUT2D eigenvalue weighted by molar-refractivity contribution is 5.73. The zero-order valence-electron chi connectivity index (χ0n) is 15.1. The molecule has 1 aromatic heterocycles. The van der Waals surface area contributed by atoms with Crippen LogP contribution < -0.4 is 10.5 Å². The first-order valence-corrected chi connectivity index (χ1v) is 9.37. The molecule has 0 aliphatic heterocycles. The van der Waals surface area contributed by atoms with Crippen molar-refractivity contribution in [3.63, 3.8) is 0 Å². The van der Waals surface area contributed by atoms with E-state index >= 15 is 0 Å². The Bertz CT molecular complexity index is 948. The SMILES string of the molecule is N#Cc1c(-c2ccc(Oc3ccccc3)cc2)nn(C2CCCCC2)c1N. The molecule has 3 aromatic rings. The molecule has 1 saturated carbocycles. The topological polar surface area (TPSA) is 76.9 Å².